The van der Waals surface area contributed by atoms with Crippen molar-refractivity contribution in [3.8, 4) is 5.69 Å². The third-order valence-corrected chi connectivity index (χ3v) is 23.1. The van der Waals surface area contributed by atoms with Gasteiger partial charge in [0.2, 0.25) is 0 Å². The van der Waals surface area contributed by atoms with Gasteiger partial charge in [-0.3, -0.25) is 24.9 Å². The van der Waals surface area contributed by atoms with Crippen molar-refractivity contribution in [3.05, 3.63) is 197 Å². The van der Waals surface area contributed by atoms with Crippen molar-refractivity contribution in [2.45, 2.75) is 298 Å². The Kier molecular flexibility index (Phi) is 58.5. The average Bonchev–Trinajstić information content (AvgIpc) is 0.971. The van der Waals surface area contributed by atoms with Crippen molar-refractivity contribution in [1.82, 2.24) is 34.8 Å². The van der Waals surface area contributed by atoms with E-state index < -0.39 is 75.0 Å². The van der Waals surface area contributed by atoms with E-state index in [2.05, 4.69) is 60.2 Å². The molecule has 0 radical (unpaired) electrons. The molecule has 1 amide bonds. The molecule has 3 unspecified atom stereocenters. The number of aliphatic hydroxyl groups is 4. The monoisotopic (exact) mass is 1880 g/mol. The number of carboxylic acids is 1. The summed E-state index contributed by atoms with van der Waals surface area (Å²) in [6, 6.07) is 32.4. The van der Waals surface area contributed by atoms with Crippen LogP contribution in [0.4, 0.5) is 25.0 Å². The van der Waals surface area contributed by atoms with Crippen LogP contribution >= 0.6 is 0 Å². The van der Waals surface area contributed by atoms with Crippen LogP contribution in [0.3, 0.4) is 0 Å². The van der Waals surface area contributed by atoms with Crippen molar-refractivity contribution in [2.24, 2.45) is 27.3 Å². The number of pyridine rings is 3. The second-order valence-corrected chi connectivity index (χ2v) is 46.1. The van der Waals surface area contributed by atoms with Gasteiger partial charge in [0.1, 0.15) is 30.6 Å². The van der Waals surface area contributed by atoms with E-state index in [-0.39, 0.29) is 125 Å². The van der Waals surface area contributed by atoms with Crippen LogP contribution in [0, 0.1) is 42.4 Å². The normalized spacial score (nSPS) is 14.1. The van der Waals surface area contributed by atoms with Crippen LogP contribution in [-0.2, 0) is 71.5 Å². The summed E-state index contributed by atoms with van der Waals surface area (Å²) in [5.74, 6) is 1.00. The third kappa shape index (κ3) is 54.3. The SMILES string of the molecule is CC(C)(C)S(=O)N=C(CCC1CC1)c1ccncc1.CC(C)(C)S(=O)NC(CCC1CC1)(c1ccncc1)c1ccc(F)c(N)c1.CC(C)(C)[S@](N)=O.CC(C)O.CC(C)O.CC(C)O.CC(C)O.CN(c1c[c-]ccc1F)[Si](C)(C)C.Cc1cc(C(=O)O)n(-c2cccc(CNC(=O)OC(C)(C)C)c2)n1.O=C(CCC1CC1)c1ccncc1.[Br-].[Mg+2].[Ti]. The first-order valence-electron chi connectivity index (χ1n) is 40.6. The van der Waals surface area contributed by atoms with Crippen LogP contribution in [0.15, 0.2) is 145 Å². The minimum Gasteiger partial charge on any atom is -1.00 e. The summed E-state index contributed by atoms with van der Waals surface area (Å²) >= 11 is 0. The van der Waals surface area contributed by atoms with E-state index in [4.69, 9.17) is 36.0 Å². The van der Waals surface area contributed by atoms with Crippen LogP contribution in [0.2, 0.25) is 19.6 Å². The summed E-state index contributed by atoms with van der Waals surface area (Å²) in [4.78, 5) is 46.6. The Morgan fingerprint density at radius 2 is 1.10 bits per heavy atom. The number of nitrogen functional groups attached to an aromatic ring is 1. The molecule has 3 aliphatic carbocycles. The van der Waals surface area contributed by atoms with E-state index in [9.17, 15) is 40.9 Å². The number of aromatic carboxylic acids is 1. The maximum Gasteiger partial charge on any atom is 2.00 e. The number of hydrogen-bond acceptors (Lipinski definition) is 17. The molecule has 122 heavy (non-hydrogen) atoms. The number of amides is 1. The summed E-state index contributed by atoms with van der Waals surface area (Å²) < 4.78 is 78.3. The molecule has 0 spiro atoms. The van der Waals surface area contributed by atoms with Crippen molar-refractivity contribution in [2.75, 3.05) is 17.3 Å². The molecule has 678 valence electrons. The van der Waals surface area contributed by atoms with Gasteiger partial charge in [0.15, 0.2) is 11.5 Å². The summed E-state index contributed by atoms with van der Waals surface area (Å²) in [5.41, 5.74) is 12.1. The minimum absolute atomic E-state index is 0. The number of nitrogens with zero attached hydrogens (tertiary/aromatic N) is 7. The van der Waals surface area contributed by atoms with E-state index in [1.807, 2.05) is 104 Å². The quantitative estimate of drug-likeness (QED) is 0.0100. The van der Waals surface area contributed by atoms with Gasteiger partial charge in [-0.15, -0.1) is 6.07 Å². The second-order valence-electron chi connectivity index (χ2n) is 35.4. The predicted molar refractivity (Wildman–Crippen MR) is 493 cm³/mol. The number of halogens is 3. The number of carboxylic acid groups (broad SMARTS) is 1. The van der Waals surface area contributed by atoms with Gasteiger partial charge in [-0.05, 0) is 297 Å². The number of nitrogens with one attached hydrogen (secondary N) is 2. The number of carbonyl (C=O) groups is 3. The molecule has 0 saturated heterocycles. The zero-order valence-electron chi connectivity index (χ0n) is 77.0. The van der Waals surface area contributed by atoms with Crippen LogP contribution in [0.5, 0.6) is 0 Å². The van der Waals surface area contributed by atoms with E-state index in [0.29, 0.717) is 29.4 Å². The Labute approximate surface area is 778 Å². The number of hydrogen-bond donors (Lipinski definition) is 9. The topological polar surface area (TPSA) is 361 Å². The fourth-order valence-electron chi connectivity index (χ4n) is 9.56. The fraction of sp³-hybridized carbons (Fsp3) is 0.556. The molecule has 3 fully saturated rings. The maximum atomic E-state index is 13.8. The zero-order chi connectivity index (χ0) is 91.0. The Hall–Kier alpha value is -5.75. The number of carbonyl (C=O) groups excluding carboxylic acids is 2. The number of nitrogens with two attached hydrogens (primary N) is 2. The number of rotatable bonds is 22. The number of aryl methyl sites for hydroxylation is 1. The number of aliphatic hydroxyl groups excluding tert-OH is 4. The van der Waals surface area contributed by atoms with Gasteiger partial charge >= 0.3 is 35.1 Å². The summed E-state index contributed by atoms with van der Waals surface area (Å²) in [5, 5.41) is 53.4. The Morgan fingerprint density at radius 1 is 0.648 bits per heavy atom. The smallest absolute Gasteiger partial charge is 1.00 e. The summed E-state index contributed by atoms with van der Waals surface area (Å²) in [7, 11) is -3.21. The second kappa shape index (κ2) is 59.3. The van der Waals surface area contributed by atoms with Gasteiger partial charge < -0.3 is 62.9 Å². The minimum atomic E-state index is -1.46. The number of aromatic nitrogens is 5. The van der Waals surface area contributed by atoms with E-state index in [1.54, 1.807) is 175 Å². The van der Waals surface area contributed by atoms with Gasteiger partial charge in [-0.2, -0.15) is 27.7 Å². The molecule has 23 nitrogen and oxygen atoms in total. The Balaban J connectivity index is -0.00000138. The number of benzene rings is 3. The van der Waals surface area contributed by atoms with E-state index >= 15 is 0 Å². The van der Waals surface area contributed by atoms with E-state index in [1.165, 1.54) is 61.4 Å². The number of Topliss-reactive ketones (excluding diaryl/α,β-unsaturated/α-hetero) is 1. The molecule has 4 atom stereocenters. The Morgan fingerprint density at radius 3 is 1.51 bits per heavy atom. The standard InChI is InChI=1S/C21H28FN3OS.C17H21N3O4.C15H22N2OS.C11H13NO.C10H15FNSi.C4H11NOS.4C3H8O.BrH.Mg.Ti/c1-20(2,3)27(26)25-21(11-8-15-4-5-15,16-9-12-24-13-10-16)17-6-7-18(22)19(23)14-17;1-11-8-14(15(21)22)20(19-11)13-7-5-6-12(9-13)10-18-16(23)24-17(2,3)4;1-15(2,3)19(18)17-14(7-6-12-4-5-12)13-8-10-16-11-9-13;13-11(4-3-9-1-2-9)10-5-7-12-8-6-10;1-12(13(2,3)4)10-8-6-5-7-9(10)11;1-4(2,3)7(5)6;4*1-3(2)4;;;/h6-7,9-10,12-15,25H,4-5,8,11,23H2,1-3H3;5-9H,10H2,1-4H3,(H,18,23)(H,21,22);8-12H,4-7H2,1-3H3;5-9H,1-4H2;5,7-8H,1-4H3;5H2,1-3H3;4*3-4H,1-2H3;1H;;/q;;;;-1;;;;;;;+2;/p-1/t;;;;;7-;;;;;;;/m.....1......./s1. The number of ketones is 1. The average molecular weight is 1880 g/mol. The molecule has 3 saturated carbocycles. The first kappa shape index (κ1) is 120. The van der Waals surface area contributed by atoms with Crippen molar-refractivity contribution >= 4 is 99.2 Å². The van der Waals surface area contributed by atoms with Crippen molar-refractivity contribution < 1.29 is 105 Å². The van der Waals surface area contributed by atoms with Crippen molar-refractivity contribution in [1.29, 1.82) is 0 Å². The van der Waals surface area contributed by atoms with Crippen LogP contribution in [0.25, 0.3) is 5.69 Å². The molecule has 0 bridgehead atoms. The molecule has 0 aliphatic heterocycles. The zero-order valence-corrected chi connectivity index (χ0v) is 85.0. The van der Waals surface area contributed by atoms with Gasteiger partial charge in [-0.1, -0.05) is 76.4 Å². The summed E-state index contributed by atoms with van der Waals surface area (Å²) in [6.07, 6.45) is 22.6. The van der Waals surface area contributed by atoms with Gasteiger partial charge in [0.05, 0.1) is 64.5 Å². The summed E-state index contributed by atoms with van der Waals surface area (Å²) in [6.45, 7) is 44.9. The van der Waals surface area contributed by atoms with Crippen LogP contribution in [-0.4, -0.2) is 169 Å². The van der Waals surface area contributed by atoms with E-state index in [0.717, 1.165) is 77.5 Å². The number of anilines is 2. The molecular weight excluding hydrogens is 1740 g/mol. The van der Waals surface area contributed by atoms with Gasteiger partial charge in [0.25, 0.3) is 0 Å². The van der Waals surface area contributed by atoms with Gasteiger partial charge in [-0.25, -0.2) is 40.4 Å². The largest absolute Gasteiger partial charge is 2.00 e. The molecule has 3 aliphatic rings. The molecule has 32 heteroatoms. The number of alkyl carbamates (subject to hydrolysis) is 1. The Bertz CT molecular complexity index is 4190. The molecule has 11 N–H and O–H groups in total. The first-order chi connectivity index (χ1) is 55.0. The third-order valence-electron chi connectivity index (χ3n) is 16.6. The molecule has 7 aromatic rings. The van der Waals surface area contributed by atoms with Crippen LogP contribution in [0.1, 0.15) is 264 Å². The maximum absolute atomic E-state index is 13.8. The van der Waals surface area contributed by atoms with Crippen molar-refractivity contribution in [3.63, 3.8) is 0 Å². The van der Waals surface area contributed by atoms with Crippen LogP contribution < -0.4 is 42.5 Å². The molecule has 4 heterocycles. The predicted octanol–water partition coefficient (Wildman–Crippen LogP) is 14.6. The molecular formula is C90H142BrF2MgN11O12S3SiTi. The number of ether oxygens (including phenoxy) is 1. The first-order valence-corrected chi connectivity index (χ1v) is 47.6. The molecule has 10 rings (SSSR count). The molecule has 4 aromatic heterocycles. The van der Waals surface area contributed by atoms with Gasteiger partial charge in [0, 0.05) is 108 Å². The fourth-order valence-corrected chi connectivity index (χ4v) is 12.1. The molecule has 3 aromatic carbocycles.